The number of aromatic nitrogens is 2. The lowest BCUT2D eigenvalue weighted by atomic mass is 10.2. The first-order chi connectivity index (χ1) is 14.6. The van der Waals surface area contributed by atoms with E-state index in [1.807, 2.05) is 34.9 Å². The second kappa shape index (κ2) is 8.98. The molecule has 0 atom stereocenters. The van der Waals surface area contributed by atoms with Gasteiger partial charge in [-0.25, -0.2) is 9.78 Å². The largest absolute Gasteiger partial charge is 0.444 e. The van der Waals surface area contributed by atoms with Crippen molar-refractivity contribution in [3.05, 3.63) is 76.7 Å². The van der Waals surface area contributed by atoms with Gasteiger partial charge in [-0.2, -0.15) is 0 Å². The highest BCUT2D eigenvalue weighted by Gasteiger charge is 2.17. The number of halogens is 1. The van der Waals surface area contributed by atoms with Crippen molar-refractivity contribution >= 4 is 35.1 Å². The second-order valence-corrected chi connectivity index (χ2v) is 7.19. The lowest BCUT2D eigenvalue weighted by Gasteiger charge is -2.17. The van der Waals surface area contributed by atoms with Crippen LogP contribution in [0.25, 0.3) is 0 Å². The van der Waals surface area contributed by atoms with Gasteiger partial charge in [0.1, 0.15) is 18.2 Å². The number of hydrogen-bond donors (Lipinski definition) is 3. The third kappa shape index (κ3) is 4.79. The van der Waals surface area contributed by atoms with Crippen LogP contribution in [0.4, 0.5) is 16.3 Å². The molecule has 1 aliphatic heterocycles. The minimum absolute atomic E-state index is 0.141. The molecule has 1 aliphatic rings. The van der Waals surface area contributed by atoms with Crippen LogP contribution >= 0.6 is 11.6 Å². The van der Waals surface area contributed by atoms with Crippen LogP contribution in [0, 0.1) is 0 Å². The number of nitrogens with zero attached hydrogens (tertiary/aromatic N) is 2. The summed E-state index contributed by atoms with van der Waals surface area (Å²) >= 11 is 6.15. The molecule has 0 radical (unpaired) electrons. The van der Waals surface area contributed by atoms with Gasteiger partial charge in [-0.1, -0.05) is 41.9 Å². The molecule has 2 heterocycles. The van der Waals surface area contributed by atoms with Crippen molar-refractivity contribution < 1.29 is 14.3 Å². The van der Waals surface area contributed by atoms with Gasteiger partial charge in [0.25, 0.3) is 5.91 Å². The number of anilines is 2. The van der Waals surface area contributed by atoms with E-state index >= 15 is 0 Å². The van der Waals surface area contributed by atoms with Gasteiger partial charge >= 0.3 is 6.09 Å². The highest BCUT2D eigenvalue weighted by atomic mass is 35.5. The summed E-state index contributed by atoms with van der Waals surface area (Å²) in [6.07, 6.45) is 0.995. The van der Waals surface area contributed by atoms with E-state index in [2.05, 4.69) is 20.9 Å². The monoisotopic (exact) mass is 425 g/mol. The third-order valence-electron chi connectivity index (χ3n) is 4.59. The molecule has 9 heteroatoms. The fraction of sp³-hybridized carbons (Fsp3) is 0.190. The molecule has 0 bridgehead atoms. The number of rotatable bonds is 5. The summed E-state index contributed by atoms with van der Waals surface area (Å²) in [5, 5.41) is 9.01. The number of carbonyl (C=O) groups is 2. The van der Waals surface area contributed by atoms with Crippen molar-refractivity contribution in [2.24, 2.45) is 0 Å². The number of amides is 2. The van der Waals surface area contributed by atoms with Crippen LogP contribution in [0.1, 0.15) is 21.7 Å². The summed E-state index contributed by atoms with van der Waals surface area (Å²) < 4.78 is 7.17. The topological polar surface area (TPSA) is 97.3 Å². The number of carbonyl (C=O) groups excluding carboxylic acids is 2. The van der Waals surface area contributed by atoms with Gasteiger partial charge in [-0.3, -0.25) is 10.1 Å². The lowest BCUT2D eigenvalue weighted by Crippen LogP contribution is -2.29. The Hall–Kier alpha value is -3.36. The molecular weight excluding hydrogens is 406 g/mol. The highest BCUT2D eigenvalue weighted by molar-refractivity contribution is 6.31. The number of imidazole rings is 1. The van der Waals surface area contributed by atoms with Crippen LogP contribution in [0.2, 0.25) is 5.02 Å². The van der Waals surface area contributed by atoms with Gasteiger partial charge in [0.05, 0.1) is 12.7 Å². The summed E-state index contributed by atoms with van der Waals surface area (Å²) in [6, 6.07) is 14.0. The molecule has 154 valence electrons. The van der Waals surface area contributed by atoms with Crippen molar-refractivity contribution in [3.8, 4) is 0 Å². The predicted molar refractivity (Wildman–Crippen MR) is 114 cm³/mol. The van der Waals surface area contributed by atoms with Gasteiger partial charge in [0.15, 0.2) is 0 Å². The highest BCUT2D eigenvalue weighted by Crippen LogP contribution is 2.21. The smallest absolute Gasteiger partial charge is 0.411 e. The zero-order chi connectivity index (χ0) is 20.9. The molecule has 0 saturated heterocycles. The summed E-state index contributed by atoms with van der Waals surface area (Å²) in [5.74, 6) is 1.14. The van der Waals surface area contributed by atoms with Crippen LogP contribution in [-0.4, -0.2) is 28.1 Å². The van der Waals surface area contributed by atoms with Gasteiger partial charge in [-0.15, -0.1) is 0 Å². The summed E-state index contributed by atoms with van der Waals surface area (Å²) in [5.41, 5.74) is 1.55. The van der Waals surface area contributed by atoms with Crippen molar-refractivity contribution in [2.75, 3.05) is 17.2 Å². The van der Waals surface area contributed by atoms with Crippen LogP contribution in [0.3, 0.4) is 0 Å². The van der Waals surface area contributed by atoms with Crippen molar-refractivity contribution in [1.29, 1.82) is 0 Å². The van der Waals surface area contributed by atoms with Crippen LogP contribution < -0.4 is 16.0 Å². The molecular formula is C21H20ClN5O3. The van der Waals surface area contributed by atoms with E-state index in [0.717, 1.165) is 24.5 Å². The number of fused-ring (bicyclic) bond motifs is 1. The number of benzene rings is 2. The fourth-order valence-electron chi connectivity index (χ4n) is 3.15. The van der Waals surface area contributed by atoms with E-state index < -0.39 is 6.09 Å². The average molecular weight is 426 g/mol. The van der Waals surface area contributed by atoms with Crippen molar-refractivity contribution in [1.82, 2.24) is 14.9 Å². The molecule has 0 spiro atoms. The molecule has 3 N–H and O–H groups in total. The van der Waals surface area contributed by atoms with E-state index in [4.69, 9.17) is 16.3 Å². The Labute approximate surface area is 178 Å². The lowest BCUT2D eigenvalue weighted by molar-refractivity contribution is 0.102. The standard InChI is InChI=1S/C21H20ClN5O3/c22-16-8-15(20(28)26-19-12-24-18-11-23-6-7-27(18)19)9-17(10-16)25-21(29)30-13-14-4-2-1-3-5-14/h1-5,8-10,12,23H,6-7,11,13H2,(H,25,29)(H,26,28). The third-order valence-corrected chi connectivity index (χ3v) is 4.81. The van der Waals surface area contributed by atoms with Gasteiger partial charge in [0.2, 0.25) is 0 Å². The quantitative estimate of drug-likeness (QED) is 0.579. The van der Waals surface area contributed by atoms with E-state index in [9.17, 15) is 9.59 Å². The Morgan fingerprint density at radius 2 is 2.00 bits per heavy atom. The van der Waals surface area contributed by atoms with E-state index in [-0.39, 0.29) is 12.5 Å². The molecule has 0 fully saturated rings. The van der Waals surface area contributed by atoms with Crippen molar-refractivity contribution in [2.45, 2.75) is 19.7 Å². The Kier molecular flexibility index (Phi) is 5.97. The SMILES string of the molecule is O=C(Nc1cc(Cl)cc(C(=O)Nc2cnc3n2CCNC3)c1)OCc1ccccc1. The molecule has 2 amide bonds. The van der Waals surface area contributed by atoms with Crippen LogP contribution in [0.5, 0.6) is 0 Å². The molecule has 0 unspecified atom stereocenters. The molecule has 0 saturated carbocycles. The predicted octanol–water partition coefficient (Wildman–Crippen LogP) is 3.64. The molecule has 3 aromatic rings. The van der Waals surface area contributed by atoms with Crippen LogP contribution in [0.15, 0.2) is 54.7 Å². The van der Waals surface area contributed by atoms with Crippen molar-refractivity contribution in [3.63, 3.8) is 0 Å². The molecule has 2 aromatic carbocycles. The zero-order valence-corrected chi connectivity index (χ0v) is 16.8. The van der Waals surface area contributed by atoms with E-state index in [0.29, 0.717) is 28.6 Å². The first kappa shape index (κ1) is 19.9. The molecule has 1 aromatic heterocycles. The molecule has 4 rings (SSSR count). The Bertz CT molecular complexity index is 1070. The Morgan fingerprint density at radius 3 is 2.83 bits per heavy atom. The minimum Gasteiger partial charge on any atom is -0.444 e. The maximum Gasteiger partial charge on any atom is 0.411 e. The van der Waals surface area contributed by atoms with Gasteiger partial charge < -0.3 is 19.9 Å². The second-order valence-electron chi connectivity index (χ2n) is 6.76. The first-order valence-corrected chi connectivity index (χ1v) is 9.81. The number of ether oxygens (including phenoxy) is 1. The molecule has 30 heavy (non-hydrogen) atoms. The first-order valence-electron chi connectivity index (χ1n) is 9.43. The minimum atomic E-state index is -0.634. The van der Waals surface area contributed by atoms with Crippen LogP contribution in [-0.2, 0) is 24.4 Å². The molecule has 8 nitrogen and oxygen atoms in total. The maximum atomic E-state index is 12.7. The molecule has 0 aliphatic carbocycles. The van der Waals surface area contributed by atoms with Gasteiger partial charge in [0, 0.05) is 29.4 Å². The van der Waals surface area contributed by atoms with Gasteiger partial charge in [-0.05, 0) is 23.8 Å². The Balaban J connectivity index is 1.41. The van der Waals surface area contributed by atoms with E-state index in [1.54, 1.807) is 18.3 Å². The summed E-state index contributed by atoms with van der Waals surface area (Å²) in [7, 11) is 0. The zero-order valence-electron chi connectivity index (χ0n) is 16.0. The normalized spacial score (nSPS) is 12.7. The number of nitrogens with one attached hydrogen (secondary N) is 3. The van der Waals surface area contributed by atoms with E-state index in [1.165, 1.54) is 6.07 Å². The summed E-state index contributed by atoms with van der Waals surface area (Å²) in [6.45, 7) is 2.33. The maximum absolute atomic E-state index is 12.7. The Morgan fingerprint density at radius 1 is 1.17 bits per heavy atom. The average Bonchev–Trinajstić information content (AvgIpc) is 3.15. The fourth-order valence-corrected chi connectivity index (χ4v) is 3.39. The summed E-state index contributed by atoms with van der Waals surface area (Å²) in [4.78, 5) is 29.1. The number of hydrogen-bond acceptors (Lipinski definition) is 5.